The van der Waals surface area contributed by atoms with Gasteiger partial charge in [-0.05, 0) is 26.2 Å². The number of ether oxygens (including phenoxy) is 1. The Morgan fingerprint density at radius 2 is 1.89 bits per heavy atom. The van der Waals surface area contributed by atoms with Crippen LogP contribution in [-0.2, 0) is 14.3 Å². The van der Waals surface area contributed by atoms with Gasteiger partial charge < -0.3 is 15.2 Å². The van der Waals surface area contributed by atoms with Crippen molar-refractivity contribution in [2.45, 2.75) is 52.5 Å². The molecule has 0 aromatic carbocycles. The minimum absolute atomic E-state index is 0.00217. The molecule has 5 nitrogen and oxygen atoms in total. The summed E-state index contributed by atoms with van der Waals surface area (Å²) in [7, 11) is 1.61. The van der Waals surface area contributed by atoms with Crippen molar-refractivity contribution in [1.82, 2.24) is 5.32 Å². The third kappa shape index (κ3) is 5.04. The second-order valence-corrected chi connectivity index (χ2v) is 4.72. The van der Waals surface area contributed by atoms with Crippen LogP contribution in [0.3, 0.4) is 0 Å². The van der Waals surface area contributed by atoms with Crippen LogP contribution in [0.1, 0.15) is 46.5 Å². The number of hydrogen-bond donors (Lipinski definition) is 2. The molecule has 0 aliphatic carbocycles. The first-order valence-corrected chi connectivity index (χ1v) is 6.43. The summed E-state index contributed by atoms with van der Waals surface area (Å²) in [6.45, 7) is 6.07. The Bertz CT molecular complexity index is 274. The van der Waals surface area contributed by atoms with Crippen molar-refractivity contribution >= 4 is 11.9 Å². The first-order valence-electron chi connectivity index (χ1n) is 6.43. The number of methoxy groups -OCH3 is 1. The van der Waals surface area contributed by atoms with Crippen LogP contribution in [0.25, 0.3) is 0 Å². The first kappa shape index (κ1) is 16.9. The number of amides is 1. The Balaban J connectivity index is 4.39. The average Bonchev–Trinajstić information content (AvgIpc) is 2.33. The molecule has 0 aromatic heterocycles. The lowest BCUT2D eigenvalue weighted by molar-refractivity contribution is -0.152. The number of carbonyl (C=O) groups is 2. The third-order valence-corrected chi connectivity index (χ3v) is 3.47. The molecule has 0 heterocycles. The lowest BCUT2D eigenvalue weighted by Crippen LogP contribution is -2.40. The molecule has 0 saturated carbocycles. The van der Waals surface area contributed by atoms with Gasteiger partial charge in [0, 0.05) is 26.2 Å². The summed E-state index contributed by atoms with van der Waals surface area (Å²) in [5, 5.41) is 12.1. The maximum Gasteiger partial charge on any atom is 0.310 e. The predicted molar refractivity (Wildman–Crippen MR) is 69.4 cm³/mol. The number of carboxylic acids is 1. The third-order valence-electron chi connectivity index (χ3n) is 3.47. The number of aliphatic carboxylic acids is 1. The van der Waals surface area contributed by atoms with E-state index in [9.17, 15) is 14.7 Å². The number of nitrogens with one attached hydrogen (secondary N) is 1. The molecule has 0 radical (unpaired) electrons. The molecule has 0 fully saturated rings. The number of carbonyl (C=O) groups excluding carboxylic acids is 1. The molecule has 1 amide bonds. The highest BCUT2D eigenvalue weighted by Crippen LogP contribution is 2.30. The van der Waals surface area contributed by atoms with Crippen LogP contribution in [0.5, 0.6) is 0 Å². The Kier molecular flexibility index (Phi) is 7.59. The highest BCUT2D eigenvalue weighted by atomic mass is 16.5. The van der Waals surface area contributed by atoms with Gasteiger partial charge in [-0.2, -0.15) is 0 Å². The lowest BCUT2D eigenvalue weighted by atomic mass is 9.79. The SMILES string of the molecule is CCC(CC)(CC(=O)NC(C)CCOC)C(=O)O. The van der Waals surface area contributed by atoms with E-state index in [0.29, 0.717) is 19.4 Å². The summed E-state index contributed by atoms with van der Waals surface area (Å²) >= 11 is 0. The van der Waals surface area contributed by atoms with Gasteiger partial charge in [0.15, 0.2) is 0 Å². The molecule has 0 spiro atoms. The predicted octanol–water partition coefficient (Wildman–Crippen LogP) is 1.81. The largest absolute Gasteiger partial charge is 0.481 e. The Morgan fingerprint density at radius 1 is 1.33 bits per heavy atom. The lowest BCUT2D eigenvalue weighted by Gasteiger charge is -2.26. The van der Waals surface area contributed by atoms with Crippen molar-refractivity contribution in [3.05, 3.63) is 0 Å². The van der Waals surface area contributed by atoms with Gasteiger partial charge in [-0.1, -0.05) is 13.8 Å². The fraction of sp³-hybridized carbons (Fsp3) is 0.846. The maximum absolute atomic E-state index is 11.8. The standard InChI is InChI=1S/C13H25NO4/c1-5-13(6-2,12(16)17)9-11(15)14-10(3)7-8-18-4/h10H,5-9H2,1-4H3,(H,14,15)(H,16,17). The summed E-state index contributed by atoms with van der Waals surface area (Å²) in [6, 6.07) is -0.00217. The van der Waals surface area contributed by atoms with Gasteiger partial charge in [0.2, 0.25) is 5.91 Å². The Labute approximate surface area is 109 Å². The molecule has 2 N–H and O–H groups in total. The molecule has 1 unspecified atom stereocenters. The maximum atomic E-state index is 11.8. The van der Waals surface area contributed by atoms with Crippen LogP contribution >= 0.6 is 0 Å². The van der Waals surface area contributed by atoms with E-state index in [0.717, 1.165) is 6.42 Å². The van der Waals surface area contributed by atoms with E-state index in [1.807, 2.05) is 6.92 Å². The van der Waals surface area contributed by atoms with Crippen LogP contribution in [0.2, 0.25) is 0 Å². The summed E-state index contributed by atoms with van der Waals surface area (Å²) in [6.07, 6.45) is 1.67. The second kappa shape index (κ2) is 8.08. The zero-order valence-electron chi connectivity index (χ0n) is 11.8. The fourth-order valence-corrected chi connectivity index (χ4v) is 1.88. The molecule has 0 aromatic rings. The zero-order valence-corrected chi connectivity index (χ0v) is 11.8. The average molecular weight is 259 g/mol. The highest BCUT2D eigenvalue weighted by Gasteiger charge is 2.37. The molecule has 5 heteroatoms. The molecule has 0 rings (SSSR count). The quantitative estimate of drug-likeness (QED) is 0.662. The van der Waals surface area contributed by atoms with E-state index in [1.54, 1.807) is 21.0 Å². The minimum Gasteiger partial charge on any atom is -0.481 e. The molecule has 0 aliphatic rings. The molecule has 0 aliphatic heterocycles. The van der Waals surface area contributed by atoms with E-state index in [1.165, 1.54) is 0 Å². The van der Waals surface area contributed by atoms with Gasteiger partial charge >= 0.3 is 5.97 Å². The van der Waals surface area contributed by atoms with Crippen molar-refractivity contribution < 1.29 is 19.4 Å². The normalized spacial score (nSPS) is 13.1. The van der Waals surface area contributed by atoms with Gasteiger partial charge in [0.1, 0.15) is 0 Å². The van der Waals surface area contributed by atoms with Crippen molar-refractivity contribution in [2.24, 2.45) is 5.41 Å². The highest BCUT2D eigenvalue weighted by molar-refractivity contribution is 5.85. The Morgan fingerprint density at radius 3 is 2.28 bits per heavy atom. The molecule has 1 atom stereocenters. The molecular weight excluding hydrogens is 234 g/mol. The van der Waals surface area contributed by atoms with Crippen LogP contribution < -0.4 is 5.32 Å². The van der Waals surface area contributed by atoms with Crippen molar-refractivity contribution in [3.8, 4) is 0 Å². The van der Waals surface area contributed by atoms with Crippen LogP contribution in [0, 0.1) is 5.41 Å². The van der Waals surface area contributed by atoms with E-state index >= 15 is 0 Å². The summed E-state index contributed by atoms with van der Waals surface area (Å²) in [4.78, 5) is 23.1. The van der Waals surface area contributed by atoms with E-state index in [2.05, 4.69) is 5.32 Å². The fourth-order valence-electron chi connectivity index (χ4n) is 1.88. The number of hydrogen-bond acceptors (Lipinski definition) is 3. The van der Waals surface area contributed by atoms with Crippen LogP contribution in [-0.4, -0.2) is 36.7 Å². The summed E-state index contributed by atoms with van der Waals surface area (Å²) in [5.74, 6) is -1.10. The second-order valence-electron chi connectivity index (χ2n) is 4.72. The zero-order chi connectivity index (χ0) is 14.2. The van der Waals surface area contributed by atoms with Crippen LogP contribution in [0.4, 0.5) is 0 Å². The van der Waals surface area contributed by atoms with Gasteiger partial charge in [-0.25, -0.2) is 0 Å². The minimum atomic E-state index is -0.939. The summed E-state index contributed by atoms with van der Waals surface area (Å²) < 4.78 is 4.93. The molecule has 18 heavy (non-hydrogen) atoms. The Hall–Kier alpha value is -1.10. The van der Waals surface area contributed by atoms with Crippen molar-refractivity contribution in [3.63, 3.8) is 0 Å². The topological polar surface area (TPSA) is 75.6 Å². The monoisotopic (exact) mass is 259 g/mol. The van der Waals surface area contributed by atoms with Gasteiger partial charge in [-0.15, -0.1) is 0 Å². The van der Waals surface area contributed by atoms with E-state index in [4.69, 9.17) is 4.74 Å². The smallest absolute Gasteiger partial charge is 0.310 e. The number of carboxylic acid groups (broad SMARTS) is 1. The van der Waals surface area contributed by atoms with Crippen LogP contribution in [0.15, 0.2) is 0 Å². The molecular formula is C13H25NO4. The van der Waals surface area contributed by atoms with Crippen molar-refractivity contribution in [1.29, 1.82) is 0 Å². The molecule has 0 saturated heterocycles. The van der Waals surface area contributed by atoms with Gasteiger partial charge in [-0.3, -0.25) is 9.59 Å². The van der Waals surface area contributed by atoms with E-state index < -0.39 is 11.4 Å². The molecule has 106 valence electrons. The van der Waals surface area contributed by atoms with Crippen molar-refractivity contribution in [2.75, 3.05) is 13.7 Å². The first-order chi connectivity index (χ1) is 8.41. The molecule has 0 bridgehead atoms. The summed E-state index contributed by atoms with van der Waals surface area (Å²) in [5.41, 5.74) is -0.939. The van der Waals surface area contributed by atoms with Gasteiger partial charge in [0.05, 0.1) is 5.41 Å². The van der Waals surface area contributed by atoms with E-state index in [-0.39, 0.29) is 18.4 Å². The van der Waals surface area contributed by atoms with Gasteiger partial charge in [0.25, 0.3) is 0 Å². The number of rotatable bonds is 9.